The lowest BCUT2D eigenvalue weighted by Gasteiger charge is -2.05. The molecule has 0 fully saturated rings. The molecule has 6 heteroatoms. The number of carbonyl (C=O) groups is 2. The van der Waals surface area contributed by atoms with Crippen LogP contribution >= 0.6 is 22.9 Å². The van der Waals surface area contributed by atoms with E-state index in [-0.39, 0.29) is 12.3 Å². The minimum atomic E-state index is -0.569. The number of halogens is 1. The Kier molecular flexibility index (Phi) is 5.16. The highest BCUT2D eigenvalue weighted by Crippen LogP contribution is 2.35. The van der Waals surface area contributed by atoms with E-state index in [0.717, 1.165) is 16.0 Å². The molecule has 25 heavy (non-hydrogen) atoms. The molecule has 0 spiro atoms. The Morgan fingerprint density at radius 2 is 1.72 bits per heavy atom. The third-order valence-electron chi connectivity index (χ3n) is 3.59. The van der Waals surface area contributed by atoms with E-state index in [4.69, 9.17) is 17.3 Å². The second kappa shape index (κ2) is 7.51. The van der Waals surface area contributed by atoms with Gasteiger partial charge in [-0.15, -0.1) is 11.3 Å². The number of benzene rings is 2. The van der Waals surface area contributed by atoms with Crippen molar-refractivity contribution >= 4 is 39.8 Å². The Balaban J connectivity index is 1.81. The molecule has 0 saturated heterocycles. The fourth-order valence-corrected chi connectivity index (χ4v) is 3.58. The number of carbonyl (C=O) groups excluding carboxylic acids is 2. The summed E-state index contributed by atoms with van der Waals surface area (Å²) in [6.45, 7) is 0. The van der Waals surface area contributed by atoms with Crippen LogP contribution in [0.25, 0.3) is 10.4 Å². The van der Waals surface area contributed by atoms with Gasteiger partial charge in [0.1, 0.15) is 5.00 Å². The zero-order chi connectivity index (χ0) is 17.8. The van der Waals surface area contributed by atoms with Gasteiger partial charge in [0.05, 0.1) is 12.0 Å². The smallest absolute Gasteiger partial charge is 0.251 e. The summed E-state index contributed by atoms with van der Waals surface area (Å²) in [7, 11) is 0. The number of hydrogen-bond donors (Lipinski definition) is 2. The average Bonchev–Trinajstić information content (AvgIpc) is 3.02. The summed E-state index contributed by atoms with van der Waals surface area (Å²) in [5.74, 6) is -0.786. The Bertz CT molecular complexity index is 905. The van der Waals surface area contributed by atoms with E-state index < -0.39 is 5.91 Å². The topological polar surface area (TPSA) is 72.2 Å². The molecule has 0 bridgehead atoms. The van der Waals surface area contributed by atoms with Crippen LogP contribution in [0.3, 0.4) is 0 Å². The molecule has 1 heterocycles. The summed E-state index contributed by atoms with van der Waals surface area (Å²) in [5, 5.41) is 3.87. The molecule has 1 aromatic heterocycles. The van der Waals surface area contributed by atoms with E-state index >= 15 is 0 Å². The van der Waals surface area contributed by atoms with Gasteiger partial charge < -0.3 is 11.1 Å². The molecule has 0 unspecified atom stereocenters. The van der Waals surface area contributed by atoms with Crippen LogP contribution in [0.5, 0.6) is 0 Å². The van der Waals surface area contributed by atoms with Gasteiger partial charge in [0.2, 0.25) is 5.91 Å². The number of primary amides is 1. The third-order valence-corrected chi connectivity index (χ3v) is 4.94. The highest BCUT2D eigenvalue weighted by molar-refractivity contribution is 7.20. The number of thiophene rings is 1. The van der Waals surface area contributed by atoms with Crippen molar-refractivity contribution in [1.29, 1.82) is 0 Å². The summed E-state index contributed by atoms with van der Waals surface area (Å²) >= 11 is 7.17. The van der Waals surface area contributed by atoms with Crippen LogP contribution in [-0.2, 0) is 11.2 Å². The highest BCUT2D eigenvalue weighted by atomic mass is 35.5. The maximum atomic E-state index is 12.3. The zero-order valence-electron chi connectivity index (χ0n) is 13.2. The van der Waals surface area contributed by atoms with E-state index in [2.05, 4.69) is 5.32 Å². The first kappa shape index (κ1) is 17.2. The summed E-state index contributed by atoms with van der Waals surface area (Å²) < 4.78 is 0. The van der Waals surface area contributed by atoms with Crippen molar-refractivity contribution < 1.29 is 9.59 Å². The molecule has 2 aromatic carbocycles. The minimum Gasteiger partial charge on any atom is -0.366 e. The molecular weight excluding hydrogens is 356 g/mol. The monoisotopic (exact) mass is 370 g/mol. The largest absolute Gasteiger partial charge is 0.366 e. The number of nitrogens with one attached hydrogen (secondary N) is 1. The highest BCUT2D eigenvalue weighted by Gasteiger charge is 2.17. The van der Waals surface area contributed by atoms with Gasteiger partial charge in [0.15, 0.2) is 0 Å². The Hall–Kier alpha value is -2.63. The van der Waals surface area contributed by atoms with Crippen LogP contribution in [0.1, 0.15) is 15.9 Å². The van der Waals surface area contributed by atoms with E-state index in [0.29, 0.717) is 15.6 Å². The van der Waals surface area contributed by atoms with Crippen LogP contribution in [0.2, 0.25) is 5.02 Å². The lowest BCUT2D eigenvalue weighted by atomic mass is 10.1. The first-order chi connectivity index (χ1) is 12.0. The van der Waals surface area contributed by atoms with Gasteiger partial charge in [-0.3, -0.25) is 9.59 Å². The number of amides is 2. The predicted octanol–water partition coefficient (Wildman–Crippen LogP) is 4.35. The molecule has 3 aromatic rings. The van der Waals surface area contributed by atoms with Crippen molar-refractivity contribution in [3.8, 4) is 10.4 Å². The first-order valence-corrected chi connectivity index (χ1v) is 8.76. The van der Waals surface area contributed by atoms with Gasteiger partial charge in [-0.2, -0.15) is 0 Å². The molecule has 0 aliphatic rings. The molecule has 0 aliphatic heterocycles. The Morgan fingerprint density at radius 1 is 1.04 bits per heavy atom. The van der Waals surface area contributed by atoms with Crippen molar-refractivity contribution in [2.45, 2.75) is 6.42 Å². The van der Waals surface area contributed by atoms with Crippen LogP contribution < -0.4 is 11.1 Å². The molecule has 0 aliphatic carbocycles. The maximum Gasteiger partial charge on any atom is 0.251 e. The molecule has 3 N–H and O–H groups in total. The van der Waals surface area contributed by atoms with Gasteiger partial charge in [0, 0.05) is 9.90 Å². The molecular formula is C19H15ClN2O2S. The van der Waals surface area contributed by atoms with Crippen molar-refractivity contribution in [2.24, 2.45) is 5.73 Å². The van der Waals surface area contributed by atoms with Gasteiger partial charge >= 0.3 is 0 Å². The molecule has 0 saturated carbocycles. The molecule has 3 rings (SSSR count). The zero-order valence-corrected chi connectivity index (χ0v) is 14.7. The fourth-order valence-electron chi connectivity index (χ4n) is 2.37. The fraction of sp³-hybridized carbons (Fsp3) is 0.0526. The quantitative estimate of drug-likeness (QED) is 0.700. The van der Waals surface area contributed by atoms with Crippen LogP contribution in [0.15, 0.2) is 60.7 Å². The standard InChI is InChI=1S/C19H15ClN2O2S/c20-14-8-6-12(7-9-14)10-17(23)22-19-15(18(21)24)11-16(25-19)13-4-2-1-3-5-13/h1-9,11H,10H2,(H2,21,24)(H,22,23). The van der Waals surface area contributed by atoms with E-state index in [1.165, 1.54) is 11.3 Å². The Labute approximate surface area is 154 Å². The lowest BCUT2D eigenvalue weighted by Crippen LogP contribution is -2.17. The third kappa shape index (κ3) is 4.26. The minimum absolute atomic E-state index is 0.188. The average molecular weight is 371 g/mol. The van der Waals surface area contributed by atoms with Crippen LogP contribution in [-0.4, -0.2) is 11.8 Å². The molecule has 2 amide bonds. The predicted molar refractivity (Wildman–Crippen MR) is 102 cm³/mol. The molecule has 4 nitrogen and oxygen atoms in total. The van der Waals surface area contributed by atoms with Gasteiger partial charge in [-0.25, -0.2) is 0 Å². The van der Waals surface area contributed by atoms with E-state index in [9.17, 15) is 9.59 Å². The van der Waals surface area contributed by atoms with Gasteiger partial charge in [0.25, 0.3) is 5.91 Å². The number of rotatable bonds is 5. The number of anilines is 1. The summed E-state index contributed by atoms with van der Waals surface area (Å²) in [5.41, 5.74) is 7.57. The maximum absolute atomic E-state index is 12.3. The molecule has 126 valence electrons. The normalized spacial score (nSPS) is 10.4. The first-order valence-electron chi connectivity index (χ1n) is 7.56. The SMILES string of the molecule is NC(=O)c1cc(-c2ccccc2)sc1NC(=O)Cc1ccc(Cl)cc1. The van der Waals surface area contributed by atoms with Gasteiger partial charge in [-0.1, -0.05) is 54.1 Å². The van der Waals surface area contributed by atoms with Crippen molar-refractivity contribution in [1.82, 2.24) is 0 Å². The van der Waals surface area contributed by atoms with Crippen molar-refractivity contribution in [3.63, 3.8) is 0 Å². The van der Waals surface area contributed by atoms with Crippen molar-refractivity contribution in [2.75, 3.05) is 5.32 Å². The number of nitrogens with two attached hydrogens (primary N) is 1. The van der Waals surface area contributed by atoms with Gasteiger partial charge in [-0.05, 0) is 29.3 Å². The Morgan fingerprint density at radius 3 is 2.36 bits per heavy atom. The van der Waals surface area contributed by atoms with Crippen LogP contribution in [0.4, 0.5) is 5.00 Å². The lowest BCUT2D eigenvalue weighted by molar-refractivity contribution is -0.115. The van der Waals surface area contributed by atoms with Crippen molar-refractivity contribution in [3.05, 3.63) is 76.8 Å². The van der Waals surface area contributed by atoms with Crippen LogP contribution in [0, 0.1) is 0 Å². The summed E-state index contributed by atoms with van der Waals surface area (Å²) in [4.78, 5) is 24.9. The second-order valence-electron chi connectivity index (χ2n) is 5.44. The second-order valence-corrected chi connectivity index (χ2v) is 6.92. The summed E-state index contributed by atoms with van der Waals surface area (Å²) in [6.07, 6.45) is 0.188. The van der Waals surface area contributed by atoms with E-state index in [1.807, 2.05) is 30.3 Å². The molecule has 0 atom stereocenters. The van der Waals surface area contributed by atoms with E-state index in [1.54, 1.807) is 30.3 Å². The summed E-state index contributed by atoms with van der Waals surface area (Å²) in [6, 6.07) is 18.4. The molecule has 0 radical (unpaired) electrons. The number of hydrogen-bond acceptors (Lipinski definition) is 3.